The molecule has 0 aliphatic carbocycles. The second-order valence-electron chi connectivity index (χ2n) is 14.8. The molecule has 0 radical (unpaired) electrons. The molecule has 13 aromatic rings. The number of rotatable bonds is 3. The first-order valence-corrected chi connectivity index (χ1v) is 21.4. The van der Waals surface area contributed by atoms with Crippen LogP contribution >= 0.6 is 34.0 Å². The maximum Gasteiger partial charge on any atom is 0.0554 e. The highest BCUT2D eigenvalue weighted by molar-refractivity contribution is 7.27. The minimum absolute atomic E-state index is 1.16. The normalized spacial score (nSPS) is 12.3. The molecular formula is C52H29NS3. The van der Waals surface area contributed by atoms with Gasteiger partial charge < -0.3 is 4.90 Å². The summed E-state index contributed by atoms with van der Waals surface area (Å²) in [6.45, 7) is 0. The van der Waals surface area contributed by atoms with Crippen molar-refractivity contribution in [1.29, 1.82) is 0 Å². The van der Waals surface area contributed by atoms with Crippen molar-refractivity contribution in [2.75, 3.05) is 4.90 Å². The third kappa shape index (κ3) is 4.29. The van der Waals surface area contributed by atoms with Crippen LogP contribution in [0.4, 0.5) is 17.1 Å². The molecule has 56 heavy (non-hydrogen) atoms. The molecule has 0 spiro atoms. The summed E-state index contributed by atoms with van der Waals surface area (Å²) in [4.78, 5) is 2.52. The summed E-state index contributed by atoms with van der Waals surface area (Å²) in [5, 5.41) is 18.4. The quantitative estimate of drug-likeness (QED) is 0.162. The van der Waals surface area contributed by atoms with Gasteiger partial charge in [-0.25, -0.2) is 0 Å². The molecule has 0 saturated carbocycles. The molecule has 4 heteroatoms. The van der Waals surface area contributed by atoms with Crippen molar-refractivity contribution in [3.63, 3.8) is 0 Å². The van der Waals surface area contributed by atoms with Crippen molar-refractivity contribution in [2.45, 2.75) is 0 Å². The Morgan fingerprint density at radius 1 is 0.286 bits per heavy atom. The van der Waals surface area contributed by atoms with Gasteiger partial charge in [-0.3, -0.25) is 0 Å². The average molecular weight is 764 g/mol. The average Bonchev–Trinajstić information content (AvgIpc) is 3.95. The van der Waals surface area contributed by atoms with Crippen molar-refractivity contribution in [1.82, 2.24) is 0 Å². The Bertz CT molecular complexity index is 3790. The minimum Gasteiger partial charge on any atom is -0.310 e. The van der Waals surface area contributed by atoms with Crippen LogP contribution in [0.15, 0.2) is 176 Å². The summed E-state index contributed by atoms with van der Waals surface area (Å²) < 4.78 is 7.94. The van der Waals surface area contributed by atoms with Gasteiger partial charge in [-0.2, -0.15) is 0 Å². The van der Waals surface area contributed by atoms with Crippen LogP contribution in [-0.2, 0) is 0 Å². The van der Waals surface area contributed by atoms with Crippen LogP contribution in [0.25, 0.3) is 104 Å². The van der Waals surface area contributed by atoms with Crippen LogP contribution < -0.4 is 4.90 Å². The SMILES string of the molecule is c1ccc2c(c1)ccc1c3cc(N(c4ccc5c(c4)sc4c6ccccc6c6ccccc6c54)c4cc5sc6ccccc6c5c5ccccc45)ccc3sc21. The minimum atomic E-state index is 1.16. The van der Waals surface area contributed by atoms with E-state index in [4.69, 9.17) is 0 Å². The largest absolute Gasteiger partial charge is 0.310 e. The van der Waals surface area contributed by atoms with Gasteiger partial charge in [0.2, 0.25) is 0 Å². The topological polar surface area (TPSA) is 3.24 Å². The third-order valence-corrected chi connectivity index (χ3v) is 15.3. The Morgan fingerprint density at radius 2 is 0.839 bits per heavy atom. The molecule has 0 N–H and O–H groups in total. The van der Waals surface area contributed by atoms with E-state index >= 15 is 0 Å². The number of benzene rings is 10. The molecule has 3 heterocycles. The molecule has 10 aromatic carbocycles. The van der Waals surface area contributed by atoms with E-state index in [1.54, 1.807) is 0 Å². The van der Waals surface area contributed by atoms with Crippen LogP contribution in [0.5, 0.6) is 0 Å². The monoisotopic (exact) mass is 763 g/mol. The number of fused-ring (bicyclic) bond motifs is 18. The summed E-state index contributed by atoms with van der Waals surface area (Å²) in [7, 11) is 0. The van der Waals surface area contributed by atoms with Crippen molar-refractivity contribution < 1.29 is 0 Å². The Labute approximate surface area is 333 Å². The highest BCUT2D eigenvalue weighted by Gasteiger charge is 2.22. The summed E-state index contributed by atoms with van der Waals surface area (Å²) in [6.07, 6.45) is 0. The molecule has 0 aliphatic rings. The lowest BCUT2D eigenvalue weighted by molar-refractivity contribution is 1.32. The van der Waals surface area contributed by atoms with Crippen LogP contribution in [0, 0.1) is 0 Å². The van der Waals surface area contributed by atoms with Crippen molar-refractivity contribution in [2.24, 2.45) is 0 Å². The third-order valence-electron chi connectivity index (χ3n) is 11.8. The summed E-state index contributed by atoms with van der Waals surface area (Å²) >= 11 is 5.71. The molecule has 3 aromatic heterocycles. The molecule has 0 aliphatic heterocycles. The lowest BCUT2D eigenvalue weighted by Gasteiger charge is -2.27. The Balaban J connectivity index is 1.12. The standard InChI is InChI=1S/C52H29NS3/c1-2-12-33-30(11-1)21-24-40-43-27-31(23-26-46(43)55-51(33)40)53(44-29-48-49(38-17-7-5-15-36(38)44)41-19-9-10-20-45(41)54-48)32-22-25-42-47(28-32)56-52-39-18-8-4-14-35(39)34-13-3-6-16-37(34)50(42)52/h1-29H. The highest BCUT2D eigenvalue weighted by Crippen LogP contribution is 2.50. The first-order chi connectivity index (χ1) is 27.8. The zero-order chi connectivity index (χ0) is 36.5. The maximum absolute atomic E-state index is 2.52. The van der Waals surface area contributed by atoms with Gasteiger partial charge in [0.25, 0.3) is 0 Å². The fraction of sp³-hybridized carbons (Fsp3) is 0. The number of thiophene rings is 3. The zero-order valence-corrected chi connectivity index (χ0v) is 32.4. The Morgan fingerprint density at radius 3 is 1.68 bits per heavy atom. The number of hydrogen-bond acceptors (Lipinski definition) is 4. The summed E-state index contributed by atoms with van der Waals surface area (Å²) in [5.74, 6) is 0. The van der Waals surface area contributed by atoms with Crippen molar-refractivity contribution in [3.05, 3.63) is 176 Å². The zero-order valence-electron chi connectivity index (χ0n) is 29.9. The first-order valence-electron chi connectivity index (χ1n) is 19.0. The lowest BCUT2D eigenvalue weighted by atomic mass is 9.97. The maximum atomic E-state index is 2.52. The molecule has 13 rings (SSSR count). The second kappa shape index (κ2) is 11.6. The summed E-state index contributed by atoms with van der Waals surface area (Å²) in [5.41, 5.74) is 3.51. The molecule has 1 nitrogen and oxygen atoms in total. The Hall–Kier alpha value is -6.30. The molecular weight excluding hydrogens is 735 g/mol. The van der Waals surface area contributed by atoms with Gasteiger partial charge in [-0.1, -0.05) is 133 Å². The van der Waals surface area contributed by atoms with E-state index in [1.165, 1.54) is 109 Å². The molecule has 0 unspecified atom stereocenters. The number of hydrogen-bond donors (Lipinski definition) is 0. The van der Waals surface area contributed by atoms with Gasteiger partial charge in [0.15, 0.2) is 0 Å². The van der Waals surface area contributed by atoms with E-state index < -0.39 is 0 Å². The van der Waals surface area contributed by atoms with Gasteiger partial charge in [0.1, 0.15) is 0 Å². The van der Waals surface area contributed by atoms with Gasteiger partial charge in [0.05, 0.1) is 5.69 Å². The highest BCUT2D eigenvalue weighted by atomic mass is 32.1. The molecule has 0 bridgehead atoms. The van der Waals surface area contributed by atoms with Crippen molar-refractivity contribution in [3.8, 4) is 0 Å². The predicted molar refractivity (Wildman–Crippen MR) is 250 cm³/mol. The van der Waals surface area contributed by atoms with Crippen molar-refractivity contribution >= 4 is 155 Å². The van der Waals surface area contributed by atoms with Crippen LogP contribution in [0.2, 0.25) is 0 Å². The van der Waals surface area contributed by atoms with Crippen LogP contribution in [0.1, 0.15) is 0 Å². The molecule has 0 atom stereocenters. The molecule has 260 valence electrons. The molecule has 0 amide bonds. The number of anilines is 3. The van der Waals surface area contributed by atoms with E-state index in [1.807, 2.05) is 34.0 Å². The fourth-order valence-electron chi connectivity index (χ4n) is 9.35. The first kappa shape index (κ1) is 31.0. The second-order valence-corrected chi connectivity index (χ2v) is 18.0. The predicted octanol–water partition coefficient (Wildman–Crippen LogP) is 16.9. The van der Waals surface area contributed by atoms with Gasteiger partial charge in [0, 0.05) is 82.7 Å². The lowest BCUT2D eigenvalue weighted by Crippen LogP contribution is -2.10. The summed E-state index contributed by atoms with van der Waals surface area (Å²) in [6, 6.07) is 65.8. The van der Waals surface area contributed by atoms with E-state index in [9.17, 15) is 0 Å². The van der Waals surface area contributed by atoms with E-state index in [2.05, 4.69) is 181 Å². The van der Waals surface area contributed by atoms with Gasteiger partial charge in [-0.05, 0) is 74.8 Å². The van der Waals surface area contributed by atoms with E-state index in [0.29, 0.717) is 0 Å². The van der Waals surface area contributed by atoms with E-state index in [0.717, 1.165) is 11.4 Å². The molecule has 0 fully saturated rings. The van der Waals surface area contributed by atoms with Gasteiger partial charge >= 0.3 is 0 Å². The van der Waals surface area contributed by atoms with E-state index in [-0.39, 0.29) is 0 Å². The Kier molecular flexibility index (Phi) is 6.42. The van der Waals surface area contributed by atoms with Crippen LogP contribution in [-0.4, -0.2) is 0 Å². The molecule has 0 saturated heterocycles. The smallest absolute Gasteiger partial charge is 0.0554 e. The van der Waals surface area contributed by atoms with Crippen LogP contribution in [0.3, 0.4) is 0 Å². The number of nitrogens with zero attached hydrogens (tertiary/aromatic N) is 1. The fourth-order valence-corrected chi connectivity index (χ4v) is 13.0. The van der Waals surface area contributed by atoms with Gasteiger partial charge in [-0.15, -0.1) is 34.0 Å².